The maximum Gasteiger partial charge on any atom is 0.133 e. The fourth-order valence-corrected chi connectivity index (χ4v) is 2.08. The van der Waals surface area contributed by atoms with Crippen molar-refractivity contribution in [3.63, 3.8) is 0 Å². The fraction of sp³-hybridized carbons (Fsp3) is 0.250. The quantitative estimate of drug-likeness (QED) is 0.851. The van der Waals surface area contributed by atoms with Crippen LogP contribution in [0.5, 0.6) is 0 Å². The van der Waals surface area contributed by atoms with Crippen molar-refractivity contribution in [1.29, 1.82) is 0 Å². The summed E-state index contributed by atoms with van der Waals surface area (Å²) >= 11 is 7.14. The van der Waals surface area contributed by atoms with Gasteiger partial charge in [-0.15, -0.1) is 0 Å². The number of hydrogen-bond acceptors (Lipinski definition) is 4. The second kappa shape index (κ2) is 3.68. The van der Waals surface area contributed by atoms with Gasteiger partial charge >= 0.3 is 0 Å². The normalized spacial score (nSPS) is 13.1. The lowest BCUT2D eigenvalue weighted by Gasteiger charge is -2.08. The molecule has 2 heterocycles. The van der Waals surface area contributed by atoms with Crippen molar-refractivity contribution in [3.8, 4) is 0 Å². The summed E-state index contributed by atoms with van der Waals surface area (Å²) in [5, 5.41) is 14.4. The van der Waals surface area contributed by atoms with Gasteiger partial charge in [0.15, 0.2) is 0 Å². The third-order valence-electron chi connectivity index (χ3n) is 1.92. The molecule has 6 heteroatoms. The zero-order valence-corrected chi connectivity index (χ0v) is 8.96. The summed E-state index contributed by atoms with van der Waals surface area (Å²) in [6.45, 7) is 0. The van der Waals surface area contributed by atoms with Crippen molar-refractivity contribution in [2.45, 2.75) is 6.10 Å². The van der Waals surface area contributed by atoms with Crippen LogP contribution in [0.25, 0.3) is 0 Å². The van der Waals surface area contributed by atoms with Gasteiger partial charge < -0.3 is 5.11 Å². The number of aliphatic hydroxyl groups is 1. The molecule has 0 aliphatic rings. The highest BCUT2D eigenvalue weighted by Crippen LogP contribution is 2.28. The molecule has 0 aliphatic heterocycles. The summed E-state index contributed by atoms with van der Waals surface area (Å²) in [6, 6.07) is 1.76. The summed E-state index contributed by atoms with van der Waals surface area (Å²) in [7, 11) is 1.74. The van der Waals surface area contributed by atoms with Gasteiger partial charge in [-0.05, 0) is 17.6 Å². The zero-order valence-electron chi connectivity index (χ0n) is 7.38. The third kappa shape index (κ3) is 1.54. The second-order valence-electron chi connectivity index (χ2n) is 2.82. The summed E-state index contributed by atoms with van der Waals surface area (Å²) < 4.78 is 5.48. The van der Waals surface area contributed by atoms with E-state index in [1.165, 1.54) is 17.7 Å². The Morgan fingerprint density at radius 2 is 2.43 bits per heavy atom. The molecule has 1 unspecified atom stereocenters. The lowest BCUT2D eigenvalue weighted by atomic mass is 10.2. The zero-order chi connectivity index (χ0) is 10.1. The standard InChI is InChI=1S/C8H8ClN3OS/c1-12-7(5(9)4-10-12)8(13)6-2-3-11-14-6/h2-4,8,13H,1H3. The molecule has 74 valence electrons. The van der Waals surface area contributed by atoms with Gasteiger partial charge in [0.05, 0.1) is 21.8 Å². The van der Waals surface area contributed by atoms with Crippen LogP contribution in [0.1, 0.15) is 16.7 Å². The number of aryl methyl sites for hydroxylation is 1. The van der Waals surface area contributed by atoms with Gasteiger partial charge in [0, 0.05) is 13.2 Å². The molecule has 0 saturated heterocycles. The minimum absolute atomic E-state index is 0.466. The first-order valence-electron chi connectivity index (χ1n) is 3.96. The maximum absolute atomic E-state index is 9.96. The minimum atomic E-state index is -0.748. The van der Waals surface area contributed by atoms with Crippen LogP contribution < -0.4 is 0 Å². The van der Waals surface area contributed by atoms with Crippen LogP contribution in [-0.2, 0) is 7.05 Å². The van der Waals surface area contributed by atoms with Crippen molar-refractivity contribution < 1.29 is 5.11 Å². The van der Waals surface area contributed by atoms with Crippen LogP contribution in [0, 0.1) is 0 Å². The first-order chi connectivity index (χ1) is 6.70. The number of halogens is 1. The molecule has 0 fully saturated rings. The van der Waals surface area contributed by atoms with Gasteiger partial charge in [-0.25, -0.2) is 4.37 Å². The number of nitrogens with zero attached hydrogens (tertiary/aromatic N) is 3. The topological polar surface area (TPSA) is 50.9 Å². The largest absolute Gasteiger partial charge is 0.381 e. The van der Waals surface area contributed by atoms with Crippen LogP contribution in [-0.4, -0.2) is 19.3 Å². The van der Waals surface area contributed by atoms with Crippen LogP contribution in [0.2, 0.25) is 5.02 Å². The molecule has 0 spiro atoms. The molecular formula is C8H8ClN3OS. The van der Waals surface area contributed by atoms with E-state index < -0.39 is 6.10 Å². The van der Waals surface area contributed by atoms with Crippen LogP contribution in [0.15, 0.2) is 18.5 Å². The summed E-state index contributed by atoms with van der Waals surface area (Å²) in [5.41, 5.74) is 0.593. The Hall–Kier alpha value is -0.910. The predicted molar refractivity (Wildman–Crippen MR) is 54.4 cm³/mol. The molecule has 0 amide bonds. The van der Waals surface area contributed by atoms with Gasteiger partial charge in [-0.3, -0.25) is 4.68 Å². The fourth-order valence-electron chi connectivity index (χ4n) is 1.23. The Kier molecular flexibility index (Phi) is 2.54. The van der Waals surface area contributed by atoms with Gasteiger partial charge in [0.25, 0.3) is 0 Å². The molecule has 0 saturated carbocycles. The van der Waals surface area contributed by atoms with Gasteiger partial charge in [-0.2, -0.15) is 5.10 Å². The Balaban J connectivity index is 2.41. The highest BCUT2D eigenvalue weighted by atomic mass is 35.5. The highest BCUT2D eigenvalue weighted by molar-refractivity contribution is 7.05. The third-order valence-corrected chi connectivity index (χ3v) is 3.01. The van der Waals surface area contributed by atoms with Crippen molar-refractivity contribution in [2.75, 3.05) is 0 Å². The molecule has 2 aromatic rings. The van der Waals surface area contributed by atoms with Gasteiger partial charge in [0.1, 0.15) is 6.10 Å². The van der Waals surface area contributed by atoms with Crippen LogP contribution in [0.3, 0.4) is 0 Å². The smallest absolute Gasteiger partial charge is 0.133 e. The SMILES string of the molecule is Cn1ncc(Cl)c1C(O)c1ccns1. The summed E-state index contributed by atoms with van der Waals surface area (Å²) in [4.78, 5) is 0.760. The molecule has 0 radical (unpaired) electrons. The van der Waals surface area contributed by atoms with E-state index in [4.69, 9.17) is 11.6 Å². The molecule has 0 bridgehead atoms. The average molecular weight is 230 g/mol. The molecule has 0 aliphatic carbocycles. The summed E-state index contributed by atoms with van der Waals surface area (Å²) in [5.74, 6) is 0. The number of aliphatic hydroxyl groups excluding tert-OH is 1. The van der Waals surface area contributed by atoms with Gasteiger partial charge in [-0.1, -0.05) is 11.6 Å². The average Bonchev–Trinajstić information content (AvgIpc) is 2.75. The predicted octanol–water partition coefficient (Wildman–Crippen LogP) is 1.61. The first kappa shape index (κ1) is 9.64. The highest BCUT2D eigenvalue weighted by Gasteiger charge is 2.19. The van der Waals surface area contributed by atoms with E-state index in [-0.39, 0.29) is 0 Å². The Bertz CT molecular complexity index is 406. The molecule has 0 aromatic carbocycles. The van der Waals surface area contributed by atoms with Crippen molar-refractivity contribution in [3.05, 3.63) is 34.1 Å². The van der Waals surface area contributed by atoms with E-state index in [0.717, 1.165) is 4.88 Å². The van der Waals surface area contributed by atoms with E-state index in [2.05, 4.69) is 9.47 Å². The lowest BCUT2D eigenvalue weighted by molar-refractivity contribution is 0.213. The van der Waals surface area contributed by atoms with E-state index in [1.807, 2.05) is 0 Å². The molecular weight excluding hydrogens is 222 g/mol. The number of hydrogen-bond donors (Lipinski definition) is 1. The number of aromatic nitrogens is 3. The maximum atomic E-state index is 9.96. The van der Waals surface area contributed by atoms with E-state index in [0.29, 0.717) is 10.7 Å². The molecule has 1 atom stereocenters. The minimum Gasteiger partial charge on any atom is -0.381 e. The Labute approximate surface area is 89.9 Å². The van der Waals surface area contributed by atoms with Crippen molar-refractivity contribution in [1.82, 2.24) is 14.2 Å². The second-order valence-corrected chi connectivity index (χ2v) is 4.09. The van der Waals surface area contributed by atoms with E-state index in [1.54, 1.807) is 24.0 Å². The Morgan fingerprint density at radius 1 is 1.64 bits per heavy atom. The van der Waals surface area contributed by atoms with Gasteiger partial charge in [0.2, 0.25) is 0 Å². The molecule has 2 rings (SSSR count). The first-order valence-corrected chi connectivity index (χ1v) is 5.11. The Morgan fingerprint density at radius 3 is 2.93 bits per heavy atom. The molecule has 4 nitrogen and oxygen atoms in total. The lowest BCUT2D eigenvalue weighted by Crippen LogP contribution is -2.05. The monoisotopic (exact) mass is 229 g/mol. The van der Waals surface area contributed by atoms with Crippen LogP contribution >= 0.6 is 23.1 Å². The number of rotatable bonds is 2. The van der Waals surface area contributed by atoms with Crippen molar-refractivity contribution in [2.24, 2.45) is 7.05 Å². The molecule has 1 N–H and O–H groups in total. The van der Waals surface area contributed by atoms with E-state index in [9.17, 15) is 5.11 Å². The van der Waals surface area contributed by atoms with Crippen molar-refractivity contribution >= 4 is 23.1 Å². The summed E-state index contributed by atoms with van der Waals surface area (Å²) in [6.07, 6.45) is 2.41. The molecule has 2 aromatic heterocycles. The molecule has 14 heavy (non-hydrogen) atoms. The van der Waals surface area contributed by atoms with E-state index >= 15 is 0 Å². The van der Waals surface area contributed by atoms with Crippen LogP contribution in [0.4, 0.5) is 0 Å².